The summed E-state index contributed by atoms with van der Waals surface area (Å²) in [7, 11) is 1.54. The molecule has 0 saturated carbocycles. The van der Waals surface area contributed by atoms with Crippen LogP contribution in [-0.4, -0.2) is 44.5 Å². The van der Waals surface area contributed by atoms with E-state index >= 15 is 0 Å². The Kier molecular flexibility index (Phi) is 3.30. The molecule has 108 valence electrons. The molecule has 0 aromatic heterocycles. The van der Waals surface area contributed by atoms with Gasteiger partial charge in [-0.05, 0) is 31.0 Å². The molecule has 2 aliphatic rings. The van der Waals surface area contributed by atoms with Crippen LogP contribution in [0.25, 0.3) is 0 Å². The smallest absolute Gasteiger partial charge is 0.337 e. The third kappa shape index (κ3) is 2.22. The lowest BCUT2D eigenvalue weighted by Crippen LogP contribution is -2.58. The number of carbonyl (C=O) groups is 1. The van der Waals surface area contributed by atoms with E-state index in [-0.39, 0.29) is 0 Å². The molecule has 5 nitrogen and oxygen atoms in total. The number of carboxylic acid groups (broad SMARTS) is 1. The zero-order chi connectivity index (χ0) is 14.2. The zero-order valence-electron chi connectivity index (χ0n) is 11.6. The highest BCUT2D eigenvalue weighted by molar-refractivity contribution is 5.95. The molecule has 0 aliphatic carbocycles. The van der Waals surface area contributed by atoms with Crippen molar-refractivity contribution < 1.29 is 19.4 Å². The molecule has 2 fully saturated rings. The number of hydrogen-bond donors (Lipinski definition) is 1. The minimum atomic E-state index is -0.910. The second kappa shape index (κ2) is 4.98. The van der Waals surface area contributed by atoms with Gasteiger partial charge in [-0.3, -0.25) is 0 Å². The Hall–Kier alpha value is -1.75. The van der Waals surface area contributed by atoms with Crippen LogP contribution in [-0.2, 0) is 4.74 Å². The van der Waals surface area contributed by atoms with Crippen molar-refractivity contribution in [3.8, 4) is 5.75 Å². The van der Waals surface area contributed by atoms with Gasteiger partial charge in [0.1, 0.15) is 5.75 Å². The average Bonchev–Trinajstić information content (AvgIpc) is 2.45. The van der Waals surface area contributed by atoms with E-state index in [0.717, 1.165) is 44.8 Å². The van der Waals surface area contributed by atoms with Crippen molar-refractivity contribution in [1.82, 2.24) is 0 Å². The second-order valence-electron chi connectivity index (χ2n) is 5.66. The van der Waals surface area contributed by atoms with Gasteiger partial charge in [0.05, 0.1) is 18.4 Å². The molecule has 5 heteroatoms. The van der Waals surface area contributed by atoms with Crippen molar-refractivity contribution >= 4 is 11.7 Å². The molecule has 2 aliphatic heterocycles. The van der Waals surface area contributed by atoms with Crippen LogP contribution in [0.1, 0.15) is 23.2 Å². The summed E-state index contributed by atoms with van der Waals surface area (Å²) in [5.74, 6) is -0.334. The molecule has 0 atom stereocenters. The Morgan fingerprint density at radius 2 is 2.05 bits per heavy atom. The lowest BCUT2D eigenvalue weighted by Gasteiger charge is -2.53. The fraction of sp³-hybridized carbons (Fsp3) is 0.533. The maximum Gasteiger partial charge on any atom is 0.337 e. The third-order valence-corrected chi connectivity index (χ3v) is 4.38. The highest BCUT2D eigenvalue weighted by Crippen LogP contribution is 2.43. The first-order chi connectivity index (χ1) is 9.63. The van der Waals surface area contributed by atoms with Gasteiger partial charge in [-0.1, -0.05) is 0 Å². The molecule has 1 spiro atoms. The number of benzene rings is 1. The molecular weight excluding hydrogens is 258 g/mol. The first-order valence-corrected chi connectivity index (χ1v) is 6.88. The van der Waals surface area contributed by atoms with Gasteiger partial charge in [0, 0.05) is 31.7 Å². The molecule has 0 radical (unpaired) electrons. The van der Waals surface area contributed by atoms with E-state index in [9.17, 15) is 9.90 Å². The molecule has 2 heterocycles. The highest BCUT2D eigenvalue weighted by Gasteiger charge is 2.44. The first-order valence-electron chi connectivity index (χ1n) is 6.88. The van der Waals surface area contributed by atoms with E-state index in [2.05, 4.69) is 4.90 Å². The van der Waals surface area contributed by atoms with E-state index in [1.165, 1.54) is 0 Å². The monoisotopic (exact) mass is 277 g/mol. The van der Waals surface area contributed by atoms with E-state index in [0.29, 0.717) is 16.7 Å². The maximum atomic E-state index is 11.4. The lowest BCUT2D eigenvalue weighted by molar-refractivity contribution is -0.000300. The van der Waals surface area contributed by atoms with Gasteiger partial charge in [-0.2, -0.15) is 0 Å². The van der Waals surface area contributed by atoms with Crippen molar-refractivity contribution in [3.05, 3.63) is 23.8 Å². The van der Waals surface area contributed by atoms with Gasteiger partial charge in [-0.15, -0.1) is 0 Å². The number of nitrogens with zero attached hydrogens (tertiary/aromatic N) is 1. The van der Waals surface area contributed by atoms with Crippen molar-refractivity contribution in [2.75, 3.05) is 38.3 Å². The molecule has 3 rings (SSSR count). The van der Waals surface area contributed by atoms with Gasteiger partial charge >= 0.3 is 5.97 Å². The van der Waals surface area contributed by atoms with Crippen LogP contribution < -0.4 is 9.64 Å². The Bertz CT molecular complexity index is 515. The van der Waals surface area contributed by atoms with Crippen LogP contribution >= 0.6 is 0 Å². The Morgan fingerprint density at radius 3 is 2.65 bits per heavy atom. The summed E-state index contributed by atoms with van der Waals surface area (Å²) < 4.78 is 10.5. The quantitative estimate of drug-likeness (QED) is 0.916. The van der Waals surface area contributed by atoms with Crippen LogP contribution in [0.15, 0.2) is 18.2 Å². The average molecular weight is 277 g/mol. The lowest BCUT2D eigenvalue weighted by atomic mass is 9.73. The fourth-order valence-corrected chi connectivity index (χ4v) is 3.14. The van der Waals surface area contributed by atoms with E-state index in [1.54, 1.807) is 13.2 Å². The van der Waals surface area contributed by atoms with Gasteiger partial charge in [-0.25, -0.2) is 4.79 Å². The SMILES string of the molecule is COc1ccc(N2CC3(CCOCC3)C2)c(C(=O)O)c1. The van der Waals surface area contributed by atoms with Gasteiger partial charge in [0.2, 0.25) is 0 Å². The number of methoxy groups -OCH3 is 1. The van der Waals surface area contributed by atoms with Crippen LogP contribution in [0.5, 0.6) is 5.75 Å². The fourth-order valence-electron chi connectivity index (χ4n) is 3.14. The van der Waals surface area contributed by atoms with Gasteiger partial charge in [0.15, 0.2) is 0 Å². The van der Waals surface area contributed by atoms with Crippen molar-refractivity contribution in [3.63, 3.8) is 0 Å². The summed E-state index contributed by atoms with van der Waals surface area (Å²) in [6.45, 7) is 3.48. The minimum Gasteiger partial charge on any atom is -0.497 e. The van der Waals surface area contributed by atoms with Crippen molar-refractivity contribution in [1.29, 1.82) is 0 Å². The van der Waals surface area contributed by atoms with Crippen molar-refractivity contribution in [2.24, 2.45) is 5.41 Å². The zero-order valence-corrected chi connectivity index (χ0v) is 11.6. The number of carboxylic acids is 1. The number of aromatic carboxylic acids is 1. The van der Waals surface area contributed by atoms with Gasteiger partial charge in [0.25, 0.3) is 0 Å². The Labute approximate surface area is 118 Å². The molecule has 1 aromatic rings. The highest BCUT2D eigenvalue weighted by atomic mass is 16.5. The summed E-state index contributed by atoms with van der Waals surface area (Å²) in [5.41, 5.74) is 1.43. The van der Waals surface area contributed by atoms with Crippen LogP contribution in [0.4, 0.5) is 5.69 Å². The molecule has 1 N–H and O–H groups in total. The number of anilines is 1. The summed E-state index contributed by atoms with van der Waals surface area (Å²) in [5, 5.41) is 9.35. The van der Waals surface area contributed by atoms with E-state index < -0.39 is 5.97 Å². The topological polar surface area (TPSA) is 59.0 Å². The number of rotatable bonds is 3. The maximum absolute atomic E-state index is 11.4. The van der Waals surface area contributed by atoms with Crippen molar-refractivity contribution in [2.45, 2.75) is 12.8 Å². The molecule has 0 unspecified atom stereocenters. The Balaban J connectivity index is 1.80. The third-order valence-electron chi connectivity index (χ3n) is 4.38. The summed E-state index contributed by atoms with van der Waals surface area (Å²) >= 11 is 0. The molecule has 1 aromatic carbocycles. The molecule has 2 saturated heterocycles. The summed E-state index contributed by atoms with van der Waals surface area (Å²) in [6, 6.07) is 5.25. The number of hydrogen-bond acceptors (Lipinski definition) is 4. The van der Waals surface area contributed by atoms with Gasteiger partial charge < -0.3 is 19.5 Å². The standard InChI is InChI=1S/C15H19NO4/c1-19-11-2-3-13(12(8-11)14(17)18)16-9-15(10-16)4-6-20-7-5-15/h2-3,8H,4-7,9-10H2,1H3,(H,17,18). The van der Waals surface area contributed by atoms with E-state index in [1.807, 2.05) is 12.1 Å². The molecule has 20 heavy (non-hydrogen) atoms. The minimum absolute atomic E-state index is 0.311. The first kappa shape index (κ1) is 13.2. The predicted octanol–water partition coefficient (Wildman–Crippen LogP) is 2.01. The summed E-state index contributed by atoms with van der Waals surface area (Å²) in [4.78, 5) is 13.5. The molecular formula is C15H19NO4. The normalized spacial score (nSPS) is 20.6. The molecule has 0 bridgehead atoms. The van der Waals surface area contributed by atoms with Crippen LogP contribution in [0.3, 0.4) is 0 Å². The predicted molar refractivity (Wildman–Crippen MR) is 74.7 cm³/mol. The molecule has 0 amide bonds. The number of ether oxygens (including phenoxy) is 2. The van der Waals surface area contributed by atoms with Crippen LogP contribution in [0, 0.1) is 5.41 Å². The van der Waals surface area contributed by atoms with E-state index in [4.69, 9.17) is 9.47 Å². The summed E-state index contributed by atoms with van der Waals surface area (Å²) in [6.07, 6.45) is 2.14. The second-order valence-corrected chi connectivity index (χ2v) is 5.66. The largest absolute Gasteiger partial charge is 0.497 e. The van der Waals surface area contributed by atoms with Crippen LogP contribution in [0.2, 0.25) is 0 Å². The Morgan fingerprint density at radius 1 is 1.35 bits per heavy atom.